The Morgan fingerprint density at radius 2 is 1.80 bits per heavy atom. The lowest BCUT2D eigenvalue weighted by Crippen LogP contribution is -2.33. The molecular formula is C23H28N2O4S. The molecule has 1 heterocycles. The first-order valence-electron chi connectivity index (χ1n) is 9.98. The maximum Gasteiger partial charge on any atom is 0.239 e. The van der Waals surface area contributed by atoms with Crippen molar-refractivity contribution in [3.8, 4) is 0 Å². The highest BCUT2D eigenvalue weighted by molar-refractivity contribution is 7.91. The summed E-state index contributed by atoms with van der Waals surface area (Å²) in [5.41, 5.74) is 2.98. The van der Waals surface area contributed by atoms with Gasteiger partial charge >= 0.3 is 0 Å². The number of hydrogen-bond donors (Lipinski definition) is 1. The molecule has 0 bridgehead atoms. The van der Waals surface area contributed by atoms with Crippen molar-refractivity contribution in [2.24, 2.45) is 5.92 Å². The van der Waals surface area contributed by atoms with Gasteiger partial charge in [0.25, 0.3) is 0 Å². The molecule has 30 heavy (non-hydrogen) atoms. The summed E-state index contributed by atoms with van der Waals surface area (Å²) in [5, 5.41) is 2.78. The van der Waals surface area contributed by atoms with Gasteiger partial charge in [0.15, 0.2) is 9.84 Å². The van der Waals surface area contributed by atoms with Crippen molar-refractivity contribution in [2.45, 2.75) is 44.6 Å². The zero-order valence-electron chi connectivity index (χ0n) is 17.8. The number of benzene rings is 2. The van der Waals surface area contributed by atoms with Crippen LogP contribution >= 0.6 is 0 Å². The first-order valence-corrected chi connectivity index (χ1v) is 11.6. The maximum absolute atomic E-state index is 12.8. The molecule has 2 aromatic carbocycles. The molecule has 1 atom stereocenters. The minimum Gasteiger partial charge on any atom is -0.325 e. The van der Waals surface area contributed by atoms with Crippen LogP contribution in [0.2, 0.25) is 0 Å². The van der Waals surface area contributed by atoms with Gasteiger partial charge in [0, 0.05) is 17.9 Å². The molecule has 0 aromatic heterocycles. The van der Waals surface area contributed by atoms with Crippen LogP contribution in [0, 0.1) is 12.8 Å². The van der Waals surface area contributed by atoms with Gasteiger partial charge in [-0.05, 0) is 63.9 Å². The fraction of sp³-hybridized carbons (Fsp3) is 0.391. The van der Waals surface area contributed by atoms with E-state index in [9.17, 15) is 18.0 Å². The van der Waals surface area contributed by atoms with E-state index in [-0.39, 0.29) is 17.6 Å². The molecule has 160 valence electrons. The Morgan fingerprint density at radius 3 is 2.43 bits per heavy atom. The monoisotopic (exact) mass is 428 g/mol. The van der Waals surface area contributed by atoms with Crippen molar-refractivity contribution in [1.82, 2.24) is 0 Å². The average Bonchev–Trinajstić information content (AvgIpc) is 3.03. The third kappa shape index (κ3) is 4.73. The topological polar surface area (TPSA) is 83.6 Å². The molecule has 1 unspecified atom stereocenters. The lowest BCUT2D eigenvalue weighted by molar-refractivity contribution is -0.129. The average molecular weight is 429 g/mol. The molecule has 1 fully saturated rings. The summed E-state index contributed by atoms with van der Waals surface area (Å²) in [7, 11) is -3.33. The smallest absolute Gasteiger partial charge is 0.239 e. The van der Waals surface area contributed by atoms with Crippen LogP contribution in [0.25, 0.3) is 0 Å². The standard InChI is InChI=1S/C23H28N2O4S/c1-16-8-10-19(11-9-16)25-13-12-20(22(25)27)21(26)24-18-7-5-6-17(14-18)15-30(28,29)23(2,3)4/h5-11,14,20H,12-13,15H2,1-4H3,(H,24,26). The van der Waals surface area contributed by atoms with Gasteiger partial charge in [-0.3, -0.25) is 9.59 Å². The zero-order valence-corrected chi connectivity index (χ0v) is 18.6. The normalized spacial score (nSPS) is 17.3. The van der Waals surface area contributed by atoms with Gasteiger partial charge in [-0.25, -0.2) is 8.42 Å². The number of carbonyl (C=O) groups excluding carboxylic acids is 2. The van der Waals surface area contributed by atoms with Crippen LogP contribution in [0.4, 0.5) is 11.4 Å². The number of anilines is 2. The molecule has 1 N–H and O–H groups in total. The van der Waals surface area contributed by atoms with E-state index < -0.39 is 20.5 Å². The van der Waals surface area contributed by atoms with E-state index in [1.807, 2.05) is 31.2 Å². The summed E-state index contributed by atoms with van der Waals surface area (Å²) in [5.74, 6) is -1.45. The first-order chi connectivity index (χ1) is 14.0. The van der Waals surface area contributed by atoms with Gasteiger partial charge in [0.2, 0.25) is 11.8 Å². The largest absolute Gasteiger partial charge is 0.325 e. The number of rotatable bonds is 5. The minimum absolute atomic E-state index is 0.107. The van der Waals surface area contributed by atoms with E-state index in [4.69, 9.17) is 0 Å². The summed E-state index contributed by atoms with van der Waals surface area (Å²) < 4.78 is 24.1. The number of hydrogen-bond acceptors (Lipinski definition) is 4. The van der Waals surface area contributed by atoms with E-state index >= 15 is 0 Å². The Balaban J connectivity index is 1.69. The molecule has 6 nitrogen and oxygen atoms in total. The number of sulfone groups is 1. The molecule has 0 aliphatic carbocycles. The lowest BCUT2D eigenvalue weighted by atomic mass is 10.1. The van der Waals surface area contributed by atoms with Gasteiger partial charge in [0.1, 0.15) is 5.92 Å². The Kier molecular flexibility index (Phi) is 6.04. The zero-order chi connectivity index (χ0) is 22.1. The third-order valence-corrected chi connectivity index (χ3v) is 7.93. The maximum atomic E-state index is 12.8. The molecule has 1 aliphatic rings. The predicted molar refractivity (Wildman–Crippen MR) is 119 cm³/mol. The van der Waals surface area contributed by atoms with Crippen LogP contribution < -0.4 is 10.2 Å². The predicted octanol–water partition coefficient (Wildman–Crippen LogP) is 3.70. The number of nitrogens with zero attached hydrogens (tertiary/aromatic N) is 1. The van der Waals surface area contributed by atoms with E-state index in [2.05, 4.69) is 5.32 Å². The van der Waals surface area contributed by atoms with E-state index in [0.29, 0.717) is 24.2 Å². The number of carbonyl (C=O) groups is 2. The highest BCUT2D eigenvalue weighted by Crippen LogP contribution is 2.27. The van der Waals surface area contributed by atoms with Gasteiger partial charge in [-0.1, -0.05) is 29.8 Å². The van der Waals surface area contributed by atoms with Gasteiger partial charge < -0.3 is 10.2 Å². The third-order valence-electron chi connectivity index (χ3n) is 5.35. The van der Waals surface area contributed by atoms with Gasteiger partial charge in [-0.15, -0.1) is 0 Å². The molecule has 0 spiro atoms. The van der Waals surface area contributed by atoms with Crippen molar-refractivity contribution < 1.29 is 18.0 Å². The molecule has 0 saturated carbocycles. The number of amides is 2. The molecule has 2 amide bonds. The molecule has 2 aromatic rings. The number of nitrogens with one attached hydrogen (secondary N) is 1. The van der Waals surface area contributed by atoms with E-state index in [1.54, 1.807) is 49.9 Å². The summed E-state index contributed by atoms with van der Waals surface area (Å²) in [4.78, 5) is 27.1. The van der Waals surface area contributed by atoms with E-state index in [0.717, 1.165) is 11.3 Å². The molecule has 0 radical (unpaired) electrons. The lowest BCUT2D eigenvalue weighted by Gasteiger charge is -2.19. The second-order valence-corrected chi connectivity index (χ2v) is 11.5. The summed E-state index contributed by atoms with van der Waals surface area (Å²) in [6.45, 7) is 7.47. The Labute approximate surface area is 178 Å². The van der Waals surface area contributed by atoms with Crippen LogP contribution in [0.5, 0.6) is 0 Å². The summed E-state index contributed by atoms with van der Waals surface area (Å²) in [6.07, 6.45) is 0.441. The second-order valence-electron chi connectivity index (χ2n) is 8.73. The Morgan fingerprint density at radius 1 is 1.13 bits per heavy atom. The van der Waals surface area contributed by atoms with Crippen molar-refractivity contribution in [2.75, 3.05) is 16.8 Å². The van der Waals surface area contributed by atoms with Crippen LogP contribution in [0.3, 0.4) is 0 Å². The first kappa shape index (κ1) is 22.0. The minimum atomic E-state index is -3.33. The van der Waals surface area contributed by atoms with Crippen molar-refractivity contribution in [3.05, 3.63) is 59.7 Å². The van der Waals surface area contributed by atoms with Gasteiger partial charge in [0.05, 0.1) is 10.5 Å². The van der Waals surface area contributed by atoms with Crippen molar-refractivity contribution >= 4 is 33.0 Å². The van der Waals surface area contributed by atoms with Crippen molar-refractivity contribution in [1.29, 1.82) is 0 Å². The highest BCUT2D eigenvalue weighted by Gasteiger charge is 2.37. The van der Waals surface area contributed by atoms with Crippen LogP contribution in [0.1, 0.15) is 38.3 Å². The van der Waals surface area contributed by atoms with E-state index in [1.165, 1.54) is 0 Å². The molecule has 3 rings (SSSR count). The fourth-order valence-corrected chi connectivity index (χ4v) is 4.36. The molecule has 1 aliphatic heterocycles. The number of aryl methyl sites for hydroxylation is 1. The van der Waals surface area contributed by atoms with Crippen LogP contribution in [0.15, 0.2) is 48.5 Å². The second kappa shape index (κ2) is 8.22. The SMILES string of the molecule is Cc1ccc(N2CCC(C(=O)Nc3cccc(CS(=O)(=O)C(C)(C)C)c3)C2=O)cc1. The van der Waals surface area contributed by atoms with Crippen LogP contribution in [-0.2, 0) is 25.2 Å². The molecular weight excluding hydrogens is 400 g/mol. The van der Waals surface area contributed by atoms with Crippen molar-refractivity contribution in [3.63, 3.8) is 0 Å². The Bertz CT molecular complexity index is 1050. The summed E-state index contributed by atoms with van der Waals surface area (Å²) in [6, 6.07) is 14.4. The highest BCUT2D eigenvalue weighted by atomic mass is 32.2. The van der Waals surface area contributed by atoms with Crippen LogP contribution in [-0.4, -0.2) is 31.5 Å². The molecule has 7 heteroatoms. The fourth-order valence-electron chi connectivity index (χ4n) is 3.31. The Hall–Kier alpha value is -2.67. The molecule has 1 saturated heterocycles. The summed E-state index contributed by atoms with van der Waals surface area (Å²) >= 11 is 0. The quantitative estimate of drug-likeness (QED) is 0.736. The van der Waals surface area contributed by atoms with Gasteiger partial charge in [-0.2, -0.15) is 0 Å².